The second kappa shape index (κ2) is 8.80. The average molecular weight is 465 g/mol. The Morgan fingerprint density at radius 3 is 2.76 bits per heavy atom. The van der Waals surface area contributed by atoms with Crippen molar-refractivity contribution in [3.63, 3.8) is 0 Å². The summed E-state index contributed by atoms with van der Waals surface area (Å²) >= 11 is 6.19. The summed E-state index contributed by atoms with van der Waals surface area (Å²) in [5, 5.41) is 7.98. The molecule has 0 aliphatic carbocycles. The van der Waals surface area contributed by atoms with Crippen molar-refractivity contribution in [1.29, 1.82) is 0 Å². The molecule has 0 spiro atoms. The van der Waals surface area contributed by atoms with Crippen molar-refractivity contribution in [2.45, 2.75) is 12.0 Å². The number of halogens is 1. The van der Waals surface area contributed by atoms with Gasteiger partial charge in [-0.15, -0.1) is 0 Å². The third-order valence-corrected chi connectivity index (χ3v) is 6.12. The number of nitrogens with zero attached hydrogens (tertiary/aromatic N) is 2. The van der Waals surface area contributed by atoms with E-state index < -0.39 is 5.92 Å². The number of carbonyl (C=O) groups is 3. The number of fused-ring (bicyclic) bond motifs is 2. The number of rotatable bonds is 5. The van der Waals surface area contributed by atoms with Gasteiger partial charge in [0.05, 0.1) is 43.6 Å². The van der Waals surface area contributed by atoms with Crippen molar-refractivity contribution in [2.24, 2.45) is 0 Å². The number of nitrogens with one attached hydrogen (secondary N) is 2. The summed E-state index contributed by atoms with van der Waals surface area (Å²) in [6, 6.07) is 12.4. The molecule has 2 aromatic carbocycles. The Kier molecular flexibility index (Phi) is 5.70. The van der Waals surface area contributed by atoms with Gasteiger partial charge in [-0.2, -0.15) is 0 Å². The van der Waals surface area contributed by atoms with Crippen molar-refractivity contribution < 1.29 is 19.1 Å². The molecule has 2 N–H and O–H groups in total. The summed E-state index contributed by atoms with van der Waals surface area (Å²) in [4.78, 5) is 44.6. The molecule has 3 heterocycles. The quantitative estimate of drug-likeness (QED) is 0.604. The van der Waals surface area contributed by atoms with Crippen LogP contribution in [0.15, 0.2) is 54.9 Å². The van der Waals surface area contributed by atoms with Crippen LogP contribution in [0.4, 0.5) is 5.69 Å². The fourth-order valence-corrected chi connectivity index (χ4v) is 4.33. The van der Waals surface area contributed by atoms with E-state index in [1.165, 1.54) is 4.90 Å². The zero-order valence-electron chi connectivity index (χ0n) is 17.6. The summed E-state index contributed by atoms with van der Waals surface area (Å²) in [6.07, 6.45) is 3.33. The van der Waals surface area contributed by atoms with Crippen molar-refractivity contribution in [1.82, 2.24) is 15.2 Å². The highest BCUT2D eigenvalue weighted by molar-refractivity contribution is 6.30. The molecule has 1 saturated heterocycles. The summed E-state index contributed by atoms with van der Waals surface area (Å²) < 4.78 is 5.07. The maximum Gasteiger partial charge on any atom is 0.254 e. The normalized spacial score (nSPS) is 17.9. The van der Waals surface area contributed by atoms with Crippen molar-refractivity contribution in [3.8, 4) is 0 Å². The number of anilines is 1. The molecule has 9 heteroatoms. The third-order valence-electron chi connectivity index (χ3n) is 5.89. The number of aromatic nitrogens is 1. The molecule has 0 unspecified atom stereocenters. The Labute approximate surface area is 194 Å². The van der Waals surface area contributed by atoms with Gasteiger partial charge in [0, 0.05) is 34.1 Å². The molecule has 1 aromatic heterocycles. The number of hydrogen-bond acceptors (Lipinski definition) is 5. The second-order valence-corrected chi connectivity index (χ2v) is 8.61. The van der Waals surface area contributed by atoms with Gasteiger partial charge in [0.1, 0.15) is 0 Å². The van der Waals surface area contributed by atoms with Gasteiger partial charge in [-0.3, -0.25) is 19.4 Å². The van der Waals surface area contributed by atoms with Gasteiger partial charge in [0.15, 0.2) is 0 Å². The number of hydrogen-bond donors (Lipinski definition) is 2. The Morgan fingerprint density at radius 2 is 1.97 bits per heavy atom. The molecule has 0 saturated carbocycles. The minimum atomic E-state index is -0.699. The Bertz CT molecular complexity index is 1250. The second-order valence-electron chi connectivity index (χ2n) is 8.17. The van der Waals surface area contributed by atoms with Crippen LogP contribution in [0.25, 0.3) is 10.8 Å². The molecule has 3 amide bonds. The van der Waals surface area contributed by atoms with E-state index in [1.807, 2.05) is 24.3 Å². The van der Waals surface area contributed by atoms with Crippen LogP contribution in [-0.2, 0) is 14.3 Å². The van der Waals surface area contributed by atoms with Gasteiger partial charge >= 0.3 is 0 Å². The predicted molar refractivity (Wildman–Crippen MR) is 123 cm³/mol. The van der Waals surface area contributed by atoms with Gasteiger partial charge in [0.25, 0.3) is 5.91 Å². The first kappa shape index (κ1) is 21.4. The number of ether oxygens (including phenoxy) is 1. The summed E-state index contributed by atoms with van der Waals surface area (Å²) in [5.41, 5.74) is 1.48. The maximum absolute atomic E-state index is 13.4. The number of benzene rings is 2. The van der Waals surface area contributed by atoms with Gasteiger partial charge < -0.3 is 20.3 Å². The standard InChI is InChI=1S/C24H21ClN4O4/c25-15-5-6-18-19(7-15)20(10-29(24(18)32)11-22(30)27-16-12-33-13-16)23(31)28-21-9-26-8-14-3-1-2-4-17(14)21/h1-9,16,20H,10-13H2,(H,27,30)(H,28,31)/t20-/m1/s1. The van der Waals surface area contributed by atoms with Crippen LogP contribution in [-0.4, -0.2) is 60.0 Å². The van der Waals surface area contributed by atoms with E-state index in [1.54, 1.807) is 30.6 Å². The molecule has 5 rings (SSSR count). The van der Waals surface area contributed by atoms with E-state index >= 15 is 0 Å². The lowest BCUT2D eigenvalue weighted by Crippen LogP contribution is -2.53. The molecule has 33 heavy (non-hydrogen) atoms. The van der Waals surface area contributed by atoms with Crippen molar-refractivity contribution in [3.05, 3.63) is 71.0 Å². The highest BCUT2D eigenvalue weighted by Crippen LogP contribution is 2.32. The van der Waals surface area contributed by atoms with E-state index in [0.29, 0.717) is 35.1 Å². The van der Waals surface area contributed by atoms with Crippen LogP contribution in [0.5, 0.6) is 0 Å². The fourth-order valence-electron chi connectivity index (χ4n) is 4.15. The van der Waals surface area contributed by atoms with E-state index in [9.17, 15) is 14.4 Å². The lowest BCUT2D eigenvalue weighted by atomic mass is 9.88. The highest BCUT2D eigenvalue weighted by Gasteiger charge is 2.37. The van der Waals surface area contributed by atoms with Crippen molar-refractivity contribution >= 4 is 45.8 Å². The minimum absolute atomic E-state index is 0.0403. The van der Waals surface area contributed by atoms with Crippen LogP contribution in [0.2, 0.25) is 5.02 Å². The minimum Gasteiger partial charge on any atom is -0.377 e. The first-order valence-corrected chi connectivity index (χ1v) is 11.0. The van der Waals surface area contributed by atoms with E-state index in [4.69, 9.17) is 16.3 Å². The average Bonchev–Trinajstić information content (AvgIpc) is 2.78. The smallest absolute Gasteiger partial charge is 0.254 e. The first-order valence-electron chi connectivity index (χ1n) is 10.6. The molecule has 8 nitrogen and oxygen atoms in total. The predicted octanol–water partition coefficient (Wildman–Crippen LogP) is 2.58. The lowest BCUT2D eigenvalue weighted by Gasteiger charge is -2.34. The van der Waals surface area contributed by atoms with Crippen LogP contribution < -0.4 is 10.6 Å². The topological polar surface area (TPSA) is 101 Å². The fraction of sp³-hybridized carbons (Fsp3) is 0.250. The third kappa shape index (κ3) is 4.27. The van der Waals surface area contributed by atoms with E-state index in [2.05, 4.69) is 15.6 Å². The zero-order chi connectivity index (χ0) is 22.9. The molecule has 3 aromatic rings. The zero-order valence-corrected chi connectivity index (χ0v) is 18.3. The molecule has 2 aliphatic heterocycles. The molecule has 0 bridgehead atoms. The summed E-state index contributed by atoms with van der Waals surface area (Å²) in [5.74, 6) is -1.60. The van der Waals surface area contributed by atoms with Gasteiger partial charge in [-0.05, 0) is 23.8 Å². The van der Waals surface area contributed by atoms with Gasteiger partial charge in [-0.25, -0.2) is 0 Å². The summed E-state index contributed by atoms with van der Waals surface area (Å²) in [7, 11) is 0. The molecule has 0 radical (unpaired) electrons. The largest absolute Gasteiger partial charge is 0.377 e. The molecule has 168 valence electrons. The molecule has 1 fully saturated rings. The van der Waals surface area contributed by atoms with E-state index in [-0.39, 0.29) is 36.9 Å². The Hall–Kier alpha value is -3.49. The maximum atomic E-state index is 13.4. The Morgan fingerprint density at radius 1 is 1.15 bits per heavy atom. The monoisotopic (exact) mass is 464 g/mol. The Balaban J connectivity index is 1.42. The highest BCUT2D eigenvalue weighted by atomic mass is 35.5. The van der Waals surface area contributed by atoms with Crippen LogP contribution in [0, 0.1) is 0 Å². The lowest BCUT2D eigenvalue weighted by molar-refractivity contribution is -0.126. The number of amides is 3. The van der Waals surface area contributed by atoms with Crippen LogP contribution in [0.3, 0.4) is 0 Å². The van der Waals surface area contributed by atoms with Gasteiger partial charge in [-0.1, -0.05) is 35.9 Å². The SMILES string of the molecule is O=C(CN1C[C@@H](C(=O)Nc2cncc3ccccc23)c2cc(Cl)ccc2C1=O)NC1COC1. The molecular weight excluding hydrogens is 444 g/mol. The van der Waals surface area contributed by atoms with E-state index in [0.717, 1.165) is 10.8 Å². The summed E-state index contributed by atoms with van der Waals surface area (Å²) in [6.45, 7) is 0.845. The van der Waals surface area contributed by atoms with Crippen LogP contribution in [0.1, 0.15) is 21.8 Å². The van der Waals surface area contributed by atoms with Gasteiger partial charge in [0.2, 0.25) is 11.8 Å². The van der Waals surface area contributed by atoms with Crippen molar-refractivity contribution in [2.75, 3.05) is 31.6 Å². The van der Waals surface area contributed by atoms with Crippen LogP contribution >= 0.6 is 11.6 Å². The number of pyridine rings is 1. The first-order chi connectivity index (χ1) is 16.0. The molecule has 1 atom stereocenters. The molecule has 2 aliphatic rings. The number of carbonyl (C=O) groups excluding carboxylic acids is 3. The molecular formula is C24H21ClN4O4.